The molecular weight excluding hydrogens is 445 g/mol. The molecule has 3 aromatic rings. The Bertz CT molecular complexity index is 1130. The summed E-state index contributed by atoms with van der Waals surface area (Å²) in [6.07, 6.45) is 7.07. The molecule has 4 rings (SSSR count). The Kier molecular flexibility index (Phi) is 8.20. The molecule has 0 aromatic heterocycles. The first-order valence-electron chi connectivity index (χ1n) is 13.1. The Hall–Kier alpha value is -2.75. The monoisotopic (exact) mass is 480 g/mol. The molecule has 1 aliphatic heterocycles. The minimum absolute atomic E-state index is 0.225. The van der Waals surface area contributed by atoms with Gasteiger partial charge in [0.15, 0.2) is 11.6 Å². The zero-order valence-corrected chi connectivity index (χ0v) is 20.8. The van der Waals surface area contributed by atoms with Gasteiger partial charge in [-0.15, -0.1) is 0 Å². The molecule has 1 aliphatic rings. The van der Waals surface area contributed by atoms with Crippen LogP contribution in [0.25, 0.3) is 22.3 Å². The van der Waals surface area contributed by atoms with E-state index in [4.69, 9.17) is 4.74 Å². The summed E-state index contributed by atoms with van der Waals surface area (Å²) in [5.41, 5.74) is 3.66. The molecule has 1 heterocycles. The number of alkyl halides is 2. The number of rotatable bonds is 11. The Morgan fingerprint density at radius 1 is 0.714 bits per heavy atom. The smallest absolute Gasteiger partial charge is 0.425 e. The average Bonchev–Trinajstić information content (AvgIpc) is 2.87. The number of aryl methyl sites for hydroxylation is 2. The topological polar surface area (TPSA) is 9.23 Å². The summed E-state index contributed by atoms with van der Waals surface area (Å²) in [4.78, 5) is 0. The first kappa shape index (κ1) is 25.3. The SMILES string of the molecule is CCCCCCCCCCc1ccc2c(c1F)OC(F)(F)c1cc(-c3ccc(CC)cc3)ccc1-2. The van der Waals surface area contributed by atoms with Crippen LogP contribution >= 0.6 is 0 Å². The van der Waals surface area contributed by atoms with Gasteiger partial charge in [0.2, 0.25) is 0 Å². The van der Waals surface area contributed by atoms with Crippen LogP contribution in [0.5, 0.6) is 5.75 Å². The predicted octanol–water partition coefficient (Wildman–Crippen LogP) is 9.85. The van der Waals surface area contributed by atoms with E-state index in [0.717, 1.165) is 31.2 Å². The molecule has 0 radical (unpaired) electrons. The van der Waals surface area contributed by atoms with Gasteiger partial charge in [-0.3, -0.25) is 0 Å². The number of hydrogen-bond donors (Lipinski definition) is 0. The summed E-state index contributed by atoms with van der Waals surface area (Å²) in [6, 6.07) is 16.3. The van der Waals surface area contributed by atoms with Gasteiger partial charge >= 0.3 is 6.11 Å². The van der Waals surface area contributed by atoms with Gasteiger partial charge in [0.1, 0.15) is 0 Å². The van der Waals surface area contributed by atoms with E-state index >= 15 is 13.2 Å². The molecule has 0 N–H and O–H groups in total. The van der Waals surface area contributed by atoms with Crippen molar-refractivity contribution >= 4 is 0 Å². The van der Waals surface area contributed by atoms with E-state index in [9.17, 15) is 0 Å². The Morgan fingerprint density at radius 2 is 1.34 bits per heavy atom. The molecule has 0 fully saturated rings. The second kappa shape index (κ2) is 11.3. The normalized spacial score (nSPS) is 13.7. The lowest BCUT2D eigenvalue weighted by molar-refractivity contribution is -0.188. The molecule has 4 heteroatoms. The highest BCUT2D eigenvalue weighted by Crippen LogP contribution is 2.49. The van der Waals surface area contributed by atoms with Crippen LogP contribution in [0.4, 0.5) is 13.2 Å². The van der Waals surface area contributed by atoms with Gasteiger partial charge in [-0.1, -0.05) is 107 Å². The number of halogens is 3. The molecule has 0 saturated heterocycles. The predicted molar refractivity (Wildman–Crippen MR) is 137 cm³/mol. The number of benzene rings is 3. The van der Waals surface area contributed by atoms with E-state index in [0.29, 0.717) is 28.7 Å². The molecule has 0 unspecified atom stereocenters. The van der Waals surface area contributed by atoms with Crippen LogP contribution in [0, 0.1) is 5.82 Å². The maximum Gasteiger partial charge on any atom is 0.427 e. The maximum absolute atomic E-state index is 15.3. The zero-order chi connectivity index (χ0) is 24.8. The van der Waals surface area contributed by atoms with Crippen molar-refractivity contribution in [3.63, 3.8) is 0 Å². The zero-order valence-electron chi connectivity index (χ0n) is 20.8. The quantitative estimate of drug-likeness (QED) is 0.248. The molecule has 0 aliphatic carbocycles. The summed E-state index contributed by atoms with van der Waals surface area (Å²) < 4.78 is 50.5. The van der Waals surface area contributed by atoms with Crippen LogP contribution in [0.1, 0.15) is 81.9 Å². The standard InChI is InChI=1S/C31H35F3O/c1-3-5-6-7-8-9-10-11-12-24-17-20-27-26-19-18-25(23-15-13-22(4-2)14-16-23)21-28(26)31(33,34)35-30(27)29(24)32/h13-21H,3-12H2,1-2H3. The van der Waals surface area contributed by atoms with E-state index in [1.807, 2.05) is 30.3 Å². The minimum Gasteiger partial charge on any atom is -0.425 e. The van der Waals surface area contributed by atoms with Crippen molar-refractivity contribution < 1.29 is 17.9 Å². The Labute approximate surface area is 207 Å². The van der Waals surface area contributed by atoms with Crippen LogP contribution < -0.4 is 4.74 Å². The fourth-order valence-corrected chi connectivity index (χ4v) is 4.87. The lowest BCUT2D eigenvalue weighted by Crippen LogP contribution is -2.27. The summed E-state index contributed by atoms with van der Waals surface area (Å²) >= 11 is 0. The molecule has 0 atom stereocenters. The number of ether oxygens (including phenoxy) is 1. The van der Waals surface area contributed by atoms with Gasteiger partial charge in [0, 0.05) is 5.56 Å². The highest BCUT2D eigenvalue weighted by molar-refractivity contribution is 5.80. The van der Waals surface area contributed by atoms with Gasteiger partial charge in [0.25, 0.3) is 0 Å². The number of hydrogen-bond acceptors (Lipinski definition) is 1. The molecule has 3 aromatic carbocycles. The number of fused-ring (bicyclic) bond motifs is 3. The lowest BCUT2D eigenvalue weighted by atomic mass is 9.90. The maximum atomic E-state index is 15.3. The van der Waals surface area contributed by atoms with E-state index in [2.05, 4.69) is 13.8 Å². The highest BCUT2D eigenvalue weighted by atomic mass is 19.3. The van der Waals surface area contributed by atoms with Crippen LogP contribution in [0.15, 0.2) is 54.6 Å². The van der Waals surface area contributed by atoms with Crippen molar-refractivity contribution in [3.05, 3.63) is 77.1 Å². The van der Waals surface area contributed by atoms with Crippen molar-refractivity contribution in [2.24, 2.45) is 0 Å². The fourth-order valence-electron chi connectivity index (χ4n) is 4.87. The van der Waals surface area contributed by atoms with E-state index in [-0.39, 0.29) is 11.3 Å². The summed E-state index contributed by atoms with van der Waals surface area (Å²) in [5, 5.41) is 0. The van der Waals surface area contributed by atoms with Gasteiger partial charge in [-0.25, -0.2) is 4.39 Å². The number of unbranched alkanes of at least 4 members (excludes halogenated alkanes) is 7. The average molecular weight is 481 g/mol. The third kappa shape index (κ3) is 5.74. The summed E-state index contributed by atoms with van der Waals surface area (Å²) in [6.45, 7) is 4.28. The second-order valence-electron chi connectivity index (χ2n) is 9.57. The summed E-state index contributed by atoms with van der Waals surface area (Å²) in [5.74, 6) is -0.991. The van der Waals surface area contributed by atoms with Crippen molar-refractivity contribution in [2.45, 2.75) is 84.2 Å². The molecule has 0 amide bonds. The molecular formula is C31H35F3O. The molecule has 186 valence electrons. The van der Waals surface area contributed by atoms with Gasteiger partial charge in [0.05, 0.1) is 5.56 Å². The Balaban J connectivity index is 1.51. The highest BCUT2D eigenvalue weighted by Gasteiger charge is 2.43. The van der Waals surface area contributed by atoms with Crippen molar-refractivity contribution in [3.8, 4) is 28.0 Å². The lowest BCUT2D eigenvalue weighted by Gasteiger charge is -2.29. The first-order chi connectivity index (χ1) is 16.9. The van der Waals surface area contributed by atoms with Gasteiger partial charge in [-0.05, 0) is 53.1 Å². The molecule has 0 saturated carbocycles. The van der Waals surface area contributed by atoms with Gasteiger partial charge in [-0.2, -0.15) is 8.78 Å². The molecule has 0 spiro atoms. The second-order valence-corrected chi connectivity index (χ2v) is 9.57. The van der Waals surface area contributed by atoms with E-state index in [1.165, 1.54) is 43.7 Å². The van der Waals surface area contributed by atoms with Gasteiger partial charge < -0.3 is 4.74 Å². The van der Waals surface area contributed by atoms with Crippen LogP contribution in [0.3, 0.4) is 0 Å². The van der Waals surface area contributed by atoms with Crippen LogP contribution in [-0.4, -0.2) is 0 Å². The van der Waals surface area contributed by atoms with E-state index < -0.39 is 11.9 Å². The van der Waals surface area contributed by atoms with Crippen molar-refractivity contribution in [1.82, 2.24) is 0 Å². The molecule has 1 nitrogen and oxygen atoms in total. The minimum atomic E-state index is -3.60. The molecule has 35 heavy (non-hydrogen) atoms. The van der Waals surface area contributed by atoms with Crippen LogP contribution in [0.2, 0.25) is 0 Å². The summed E-state index contributed by atoms with van der Waals surface area (Å²) in [7, 11) is 0. The first-order valence-corrected chi connectivity index (χ1v) is 13.1. The van der Waals surface area contributed by atoms with Crippen molar-refractivity contribution in [2.75, 3.05) is 0 Å². The van der Waals surface area contributed by atoms with E-state index in [1.54, 1.807) is 18.2 Å². The van der Waals surface area contributed by atoms with Crippen LogP contribution in [-0.2, 0) is 19.0 Å². The largest absolute Gasteiger partial charge is 0.427 e. The fraction of sp³-hybridized carbons (Fsp3) is 0.419. The third-order valence-corrected chi connectivity index (χ3v) is 7.03. The molecule has 0 bridgehead atoms. The van der Waals surface area contributed by atoms with Crippen molar-refractivity contribution in [1.29, 1.82) is 0 Å². The Morgan fingerprint density at radius 3 is 2.03 bits per heavy atom. The third-order valence-electron chi connectivity index (χ3n) is 7.03.